The molecule has 3 N–H and O–H groups in total. The highest BCUT2D eigenvalue weighted by Gasteiger charge is 2.28. The molecule has 3 rings (SSSR count). The zero-order valence-electron chi connectivity index (χ0n) is 15.6. The minimum absolute atomic E-state index is 0.0525. The van der Waals surface area contributed by atoms with E-state index in [9.17, 15) is 14.4 Å². The lowest BCUT2D eigenvalue weighted by atomic mass is 10.1. The Morgan fingerprint density at radius 1 is 1.07 bits per heavy atom. The molecule has 3 amide bonds. The number of amides is 3. The van der Waals surface area contributed by atoms with Crippen molar-refractivity contribution in [3.8, 4) is 5.75 Å². The Labute approximate surface area is 167 Å². The number of hydrogen-bond donors (Lipinski definition) is 3. The summed E-state index contributed by atoms with van der Waals surface area (Å²) in [5.74, 6) is -0.582. The molecule has 0 saturated carbocycles. The second-order valence-electron chi connectivity index (χ2n) is 6.50. The fourth-order valence-electron chi connectivity index (χ4n) is 2.79. The van der Waals surface area contributed by atoms with E-state index in [0.717, 1.165) is 21.7 Å². The lowest BCUT2D eigenvalue weighted by Gasteiger charge is -2.23. The monoisotopic (exact) mass is 399 g/mol. The van der Waals surface area contributed by atoms with E-state index in [0.29, 0.717) is 5.75 Å². The summed E-state index contributed by atoms with van der Waals surface area (Å²) in [7, 11) is 0. The molecule has 1 aliphatic rings. The summed E-state index contributed by atoms with van der Waals surface area (Å²) >= 11 is 1.33. The number of ether oxygens (including phenoxy) is 1. The second-order valence-corrected chi connectivity index (χ2v) is 7.75. The molecule has 1 aliphatic heterocycles. The average molecular weight is 399 g/mol. The normalized spacial score (nSPS) is 15.2. The van der Waals surface area contributed by atoms with Gasteiger partial charge >= 0.3 is 0 Å². The van der Waals surface area contributed by atoms with Crippen molar-refractivity contribution in [2.24, 2.45) is 0 Å². The number of carbonyl (C=O) groups excluding carboxylic acids is 3. The minimum atomic E-state index is -0.557. The summed E-state index contributed by atoms with van der Waals surface area (Å²) in [4.78, 5) is 37.0. The fraction of sp³-hybridized carbons (Fsp3) is 0.250. The number of aryl methyl sites for hydroxylation is 2. The molecular formula is C20H21N3O4S. The molecule has 1 atom stereocenters. The number of anilines is 1. The predicted octanol–water partition coefficient (Wildman–Crippen LogP) is 2.33. The maximum absolute atomic E-state index is 12.1. The first-order valence-electron chi connectivity index (χ1n) is 8.76. The number of carbonyl (C=O) groups is 3. The van der Waals surface area contributed by atoms with Crippen LogP contribution in [0.15, 0.2) is 47.4 Å². The summed E-state index contributed by atoms with van der Waals surface area (Å²) in [5.41, 5.74) is 7.44. The van der Waals surface area contributed by atoms with Gasteiger partial charge in [-0.15, -0.1) is 11.8 Å². The Morgan fingerprint density at radius 2 is 1.75 bits per heavy atom. The van der Waals surface area contributed by atoms with Gasteiger partial charge in [-0.1, -0.05) is 18.2 Å². The van der Waals surface area contributed by atoms with Crippen LogP contribution in [-0.2, 0) is 14.4 Å². The number of para-hydroxylation sites is 1. The fourth-order valence-corrected chi connectivity index (χ4v) is 3.90. The van der Waals surface area contributed by atoms with Crippen LogP contribution in [0, 0.1) is 13.8 Å². The number of hydrazine groups is 1. The molecule has 0 bridgehead atoms. The van der Waals surface area contributed by atoms with Gasteiger partial charge in [0.1, 0.15) is 5.75 Å². The van der Waals surface area contributed by atoms with Gasteiger partial charge in [0.15, 0.2) is 6.61 Å². The van der Waals surface area contributed by atoms with Gasteiger partial charge in [0.2, 0.25) is 11.8 Å². The molecule has 1 heterocycles. The van der Waals surface area contributed by atoms with Crippen LogP contribution >= 0.6 is 11.8 Å². The lowest BCUT2D eigenvalue weighted by Crippen LogP contribution is -2.45. The first kappa shape index (κ1) is 19.8. The van der Waals surface area contributed by atoms with Crippen molar-refractivity contribution in [1.82, 2.24) is 10.9 Å². The van der Waals surface area contributed by atoms with Crippen LogP contribution in [0.4, 0.5) is 5.69 Å². The minimum Gasteiger partial charge on any atom is -0.484 e. The highest BCUT2D eigenvalue weighted by Crippen LogP contribution is 2.36. The Balaban J connectivity index is 1.44. The van der Waals surface area contributed by atoms with Gasteiger partial charge in [-0.3, -0.25) is 25.2 Å². The van der Waals surface area contributed by atoms with E-state index < -0.39 is 17.1 Å². The summed E-state index contributed by atoms with van der Waals surface area (Å²) in [6, 6.07) is 13.1. The zero-order chi connectivity index (χ0) is 20.1. The number of benzene rings is 2. The van der Waals surface area contributed by atoms with E-state index in [1.807, 2.05) is 56.3 Å². The third kappa shape index (κ3) is 5.26. The van der Waals surface area contributed by atoms with Gasteiger partial charge in [-0.2, -0.15) is 0 Å². The van der Waals surface area contributed by atoms with Crippen LogP contribution < -0.4 is 20.9 Å². The highest BCUT2D eigenvalue weighted by molar-refractivity contribution is 8.01. The summed E-state index contributed by atoms with van der Waals surface area (Å²) in [5, 5.41) is 2.22. The Hall–Kier alpha value is -3.00. The summed E-state index contributed by atoms with van der Waals surface area (Å²) < 4.78 is 5.44. The summed E-state index contributed by atoms with van der Waals surface area (Å²) in [6.07, 6.45) is -0.0525. The molecule has 2 aromatic carbocycles. The van der Waals surface area contributed by atoms with E-state index in [1.54, 1.807) is 0 Å². The molecule has 0 unspecified atom stereocenters. The maximum atomic E-state index is 12.1. The van der Waals surface area contributed by atoms with E-state index in [-0.39, 0.29) is 18.9 Å². The lowest BCUT2D eigenvalue weighted by molar-refractivity contribution is -0.130. The number of thioether (sulfide) groups is 1. The van der Waals surface area contributed by atoms with Crippen LogP contribution in [0.2, 0.25) is 0 Å². The topological polar surface area (TPSA) is 96.5 Å². The SMILES string of the molecule is Cc1cc(C)cc(OCC(=O)NNC(=O)C[C@H]2Sc3ccccc3NC2=O)c1. The van der Waals surface area contributed by atoms with Crippen LogP contribution in [0.1, 0.15) is 17.5 Å². The molecule has 0 radical (unpaired) electrons. The predicted molar refractivity (Wildman–Crippen MR) is 107 cm³/mol. The van der Waals surface area contributed by atoms with Crippen molar-refractivity contribution >= 4 is 35.2 Å². The van der Waals surface area contributed by atoms with E-state index in [2.05, 4.69) is 16.2 Å². The third-order valence-electron chi connectivity index (χ3n) is 3.98. The molecule has 2 aromatic rings. The van der Waals surface area contributed by atoms with Crippen molar-refractivity contribution in [2.45, 2.75) is 30.4 Å². The van der Waals surface area contributed by atoms with Crippen LogP contribution in [0.25, 0.3) is 0 Å². The average Bonchev–Trinajstić information content (AvgIpc) is 2.64. The molecule has 8 heteroatoms. The van der Waals surface area contributed by atoms with Gasteiger partial charge in [0.25, 0.3) is 5.91 Å². The Kier molecular flexibility index (Phi) is 6.20. The molecule has 7 nitrogen and oxygen atoms in total. The summed E-state index contributed by atoms with van der Waals surface area (Å²) in [6.45, 7) is 3.66. The molecule has 0 spiro atoms. The number of fused-ring (bicyclic) bond motifs is 1. The number of rotatable bonds is 5. The van der Waals surface area contributed by atoms with Crippen molar-refractivity contribution in [1.29, 1.82) is 0 Å². The quantitative estimate of drug-likeness (QED) is 0.671. The zero-order valence-corrected chi connectivity index (χ0v) is 16.4. The van der Waals surface area contributed by atoms with E-state index in [1.165, 1.54) is 11.8 Å². The third-order valence-corrected chi connectivity index (χ3v) is 5.26. The largest absolute Gasteiger partial charge is 0.484 e. The smallest absolute Gasteiger partial charge is 0.276 e. The van der Waals surface area contributed by atoms with Gasteiger partial charge in [0.05, 0.1) is 10.9 Å². The van der Waals surface area contributed by atoms with Gasteiger partial charge in [-0.05, 0) is 49.2 Å². The van der Waals surface area contributed by atoms with Gasteiger partial charge in [-0.25, -0.2) is 0 Å². The highest BCUT2D eigenvalue weighted by atomic mass is 32.2. The number of nitrogens with one attached hydrogen (secondary N) is 3. The van der Waals surface area contributed by atoms with Crippen molar-refractivity contribution in [3.63, 3.8) is 0 Å². The molecule has 28 heavy (non-hydrogen) atoms. The molecule has 146 valence electrons. The molecular weight excluding hydrogens is 378 g/mol. The number of hydrogen-bond acceptors (Lipinski definition) is 5. The van der Waals surface area contributed by atoms with Crippen LogP contribution in [-0.4, -0.2) is 29.6 Å². The standard InChI is InChI=1S/C20H21N3O4S/c1-12-7-13(2)9-14(8-12)27-11-19(25)23-22-18(24)10-17-20(26)21-15-5-3-4-6-16(15)28-17/h3-9,17H,10-11H2,1-2H3,(H,21,26)(H,22,24)(H,23,25)/t17-/m1/s1. The van der Waals surface area contributed by atoms with Crippen LogP contribution in [0.3, 0.4) is 0 Å². The van der Waals surface area contributed by atoms with Crippen molar-refractivity contribution < 1.29 is 19.1 Å². The van der Waals surface area contributed by atoms with E-state index in [4.69, 9.17) is 4.74 Å². The second kappa shape index (κ2) is 8.79. The first-order chi connectivity index (χ1) is 13.4. The van der Waals surface area contributed by atoms with E-state index >= 15 is 0 Å². The Morgan fingerprint density at radius 3 is 2.50 bits per heavy atom. The van der Waals surface area contributed by atoms with Gasteiger partial charge in [0, 0.05) is 11.3 Å². The molecule has 0 aliphatic carbocycles. The van der Waals surface area contributed by atoms with Crippen molar-refractivity contribution in [2.75, 3.05) is 11.9 Å². The molecule has 0 aromatic heterocycles. The first-order valence-corrected chi connectivity index (χ1v) is 9.64. The molecule has 0 saturated heterocycles. The Bertz CT molecular complexity index is 896. The van der Waals surface area contributed by atoms with Crippen LogP contribution in [0.5, 0.6) is 5.75 Å². The van der Waals surface area contributed by atoms with Gasteiger partial charge < -0.3 is 10.1 Å². The maximum Gasteiger partial charge on any atom is 0.276 e. The van der Waals surface area contributed by atoms with Crippen molar-refractivity contribution in [3.05, 3.63) is 53.6 Å². The molecule has 0 fully saturated rings.